The quantitative estimate of drug-likeness (QED) is 0.239. The van der Waals surface area contributed by atoms with E-state index in [1.54, 1.807) is 0 Å². The van der Waals surface area contributed by atoms with E-state index in [4.69, 9.17) is 9.97 Å². The van der Waals surface area contributed by atoms with Crippen molar-refractivity contribution in [1.82, 2.24) is 14.5 Å². The minimum absolute atomic E-state index is 0.850. The summed E-state index contributed by atoms with van der Waals surface area (Å²) in [5.41, 5.74) is 11.1. The minimum atomic E-state index is 0.850. The highest BCUT2D eigenvalue weighted by Crippen LogP contribution is 2.49. The van der Waals surface area contributed by atoms with Gasteiger partial charge in [-0.3, -0.25) is 4.57 Å². The van der Waals surface area contributed by atoms with Gasteiger partial charge in [0.05, 0.1) is 22.1 Å². The molecule has 6 aromatic carbocycles. The number of benzene rings is 6. The first kappa shape index (κ1) is 20.7. The third kappa shape index (κ3) is 2.76. The first-order valence-corrected chi connectivity index (χ1v) is 13.3. The summed E-state index contributed by atoms with van der Waals surface area (Å²) in [6.45, 7) is 0. The van der Waals surface area contributed by atoms with Crippen molar-refractivity contribution in [3.63, 3.8) is 0 Å². The van der Waals surface area contributed by atoms with Crippen molar-refractivity contribution in [1.29, 1.82) is 0 Å². The predicted octanol–water partition coefficient (Wildman–Crippen LogP) is 9.19. The molecule has 0 amide bonds. The second kappa shape index (κ2) is 7.62. The van der Waals surface area contributed by atoms with Crippen molar-refractivity contribution in [2.24, 2.45) is 0 Å². The molecule has 0 N–H and O–H groups in total. The van der Waals surface area contributed by atoms with Crippen molar-refractivity contribution in [3.05, 3.63) is 127 Å². The van der Waals surface area contributed by atoms with E-state index in [0.29, 0.717) is 0 Å². The van der Waals surface area contributed by atoms with Gasteiger partial charge in [-0.05, 0) is 57.3 Å². The number of para-hydroxylation sites is 2. The SMILES string of the molecule is c1ccc(-c2nc3ccccc3nc2-n2c3cccc4c3c3c5c(cccc5ccc32)-c2ccccc2-4)cc1. The van der Waals surface area contributed by atoms with E-state index in [9.17, 15) is 0 Å². The van der Waals surface area contributed by atoms with Crippen LogP contribution in [0.3, 0.4) is 0 Å². The Morgan fingerprint density at radius 3 is 1.82 bits per heavy atom. The van der Waals surface area contributed by atoms with E-state index in [0.717, 1.165) is 39.1 Å². The molecule has 0 saturated heterocycles. The summed E-state index contributed by atoms with van der Waals surface area (Å²) in [7, 11) is 0. The fourth-order valence-corrected chi connectivity index (χ4v) is 6.49. The van der Waals surface area contributed by atoms with Crippen LogP contribution in [0.15, 0.2) is 127 Å². The van der Waals surface area contributed by atoms with Crippen LogP contribution in [-0.2, 0) is 0 Å². The third-order valence-corrected chi connectivity index (χ3v) is 8.12. The van der Waals surface area contributed by atoms with Gasteiger partial charge in [-0.1, -0.05) is 103 Å². The molecule has 0 spiro atoms. The third-order valence-electron chi connectivity index (χ3n) is 8.12. The van der Waals surface area contributed by atoms with Crippen LogP contribution in [0.2, 0.25) is 0 Å². The lowest BCUT2D eigenvalue weighted by molar-refractivity contribution is 1.08. The molecule has 0 saturated carbocycles. The van der Waals surface area contributed by atoms with Crippen LogP contribution in [0.25, 0.3) is 82.9 Å². The lowest BCUT2D eigenvalue weighted by atomic mass is 9.93. The zero-order chi connectivity index (χ0) is 25.5. The highest BCUT2D eigenvalue weighted by molar-refractivity contribution is 6.30. The number of aromatic nitrogens is 3. The van der Waals surface area contributed by atoms with Gasteiger partial charge in [0.1, 0.15) is 5.69 Å². The van der Waals surface area contributed by atoms with Gasteiger partial charge in [0.15, 0.2) is 5.82 Å². The number of rotatable bonds is 2. The highest BCUT2D eigenvalue weighted by atomic mass is 15.1. The molecule has 1 aliphatic carbocycles. The van der Waals surface area contributed by atoms with Crippen molar-refractivity contribution < 1.29 is 0 Å². The zero-order valence-electron chi connectivity index (χ0n) is 21.0. The van der Waals surface area contributed by atoms with Gasteiger partial charge in [-0.15, -0.1) is 0 Å². The summed E-state index contributed by atoms with van der Waals surface area (Å²) in [5, 5.41) is 5.09. The fraction of sp³-hybridized carbons (Fsp3) is 0. The summed E-state index contributed by atoms with van der Waals surface area (Å²) in [5.74, 6) is 0.850. The molecule has 8 aromatic rings. The molecule has 9 rings (SSSR count). The minimum Gasteiger partial charge on any atom is -0.292 e. The fourth-order valence-electron chi connectivity index (χ4n) is 6.49. The Bertz CT molecular complexity index is 2280. The van der Waals surface area contributed by atoms with Crippen LogP contribution in [0.5, 0.6) is 0 Å². The van der Waals surface area contributed by atoms with Crippen LogP contribution in [0, 0.1) is 0 Å². The lowest BCUT2D eigenvalue weighted by Gasteiger charge is -2.15. The van der Waals surface area contributed by atoms with Crippen molar-refractivity contribution in [2.45, 2.75) is 0 Å². The summed E-state index contributed by atoms with van der Waals surface area (Å²) in [6, 6.07) is 45.2. The first-order chi connectivity index (χ1) is 19.4. The molecule has 0 atom stereocenters. The monoisotopic (exact) mass is 495 g/mol. The first-order valence-electron chi connectivity index (χ1n) is 13.3. The van der Waals surface area contributed by atoms with Crippen LogP contribution in [0.1, 0.15) is 0 Å². The number of nitrogens with zero attached hydrogens (tertiary/aromatic N) is 3. The average Bonchev–Trinajstić information content (AvgIpc) is 3.28. The largest absolute Gasteiger partial charge is 0.292 e. The molecular formula is C36H21N3. The summed E-state index contributed by atoms with van der Waals surface area (Å²) < 4.78 is 2.33. The molecule has 3 nitrogen and oxygen atoms in total. The standard InChI is InChI=1S/C36H21N3/c1-2-10-23(11-3-1)35-36(38-29-18-7-6-17-28(29)37-35)39-30-19-9-16-27-25-14-5-4-13-24(25)26-15-8-12-22-20-21-31(39)34(32(22)26)33(27)30/h1-21H. The Labute approximate surface area is 224 Å². The Morgan fingerprint density at radius 1 is 0.410 bits per heavy atom. The maximum Gasteiger partial charge on any atom is 0.165 e. The maximum atomic E-state index is 5.29. The Balaban J connectivity index is 1.53. The molecular weight excluding hydrogens is 474 g/mol. The number of fused-ring (bicyclic) bond motifs is 4. The lowest BCUT2D eigenvalue weighted by Crippen LogP contribution is -2.03. The van der Waals surface area contributed by atoms with Gasteiger partial charge < -0.3 is 0 Å². The zero-order valence-corrected chi connectivity index (χ0v) is 21.0. The normalized spacial score (nSPS) is 12.1. The van der Waals surface area contributed by atoms with Crippen LogP contribution >= 0.6 is 0 Å². The number of hydrogen-bond donors (Lipinski definition) is 0. The molecule has 3 heteroatoms. The Kier molecular flexibility index (Phi) is 4.05. The number of hydrogen-bond acceptors (Lipinski definition) is 2. The topological polar surface area (TPSA) is 30.7 Å². The molecule has 39 heavy (non-hydrogen) atoms. The molecule has 0 fully saturated rings. The van der Waals surface area contributed by atoms with Gasteiger partial charge in [-0.2, -0.15) is 0 Å². The smallest absolute Gasteiger partial charge is 0.165 e. The van der Waals surface area contributed by atoms with Gasteiger partial charge in [0, 0.05) is 16.3 Å². The van der Waals surface area contributed by atoms with Crippen molar-refractivity contribution in [2.75, 3.05) is 0 Å². The van der Waals surface area contributed by atoms with Crippen LogP contribution in [-0.4, -0.2) is 14.5 Å². The van der Waals surface area contributed by atoms with Crippen LogP contribution in [0.4, 0.5) is 0 Å². The van der Waals surface area contributed by atoms with Gasteiger partial charge >= 0.3 is 0 Å². The molecule has 0 unspecified atom stereocenters. The molecule has 180 valence electrons. The summed E-state index contributed by atoms with van der Waals surface area (Å²) in [4.78, 5) is 10.5. The molecule has 0 radical (unpaired) electrons. The average molecular weight is 496 g/mol. The molecule has 0 aliphatic heterocycles. The van der Waals surface area contributed by atoms with E-state index in [1.165, 1.54) is 43.8 Å². The van der Waals surface area contributed by atoms with E-state index in [1.807, 2.05) is 30.3 Å². The van der Waals surface area contributed by atoms with E-state index >= 15 is 0 Å². The van der Waals surface area contributed by atoms with E-state index < -0.39 is 0 Å². The van der Waals surface area contributed by atoms with Gasteiger partial charge in [0.2, 0.25) is 0 Å². The Hall–Kier alpha value is -5.28. The van der Waals surface area contributed by atoms with E-state index in [-0.39, 0.29) is 0 Å². The van der Waals surface area contributed by atoms with E-state index in [2.05, 4.69) is 102 Å². The van der Waals surface area contributed by atoms with Gasteiger partial charge in [0.25, 0.3) is 0 Å². The highest BCUT2D eigenvalue weighted by Gasteiger charge is 2.26. The maximum absolute atomic E-state index is 5.29. The summed E-state index contributed by atoms with van der Waals surface area (Å²) in [6.07, 6.45) is 0. The summed E-state index contributed by atoms with van der Waals surface area (Å²) >= 11 is 0. The molecule has 0 bridgehead atoms. The van der Waals surface area contributed by atoms with Crippen LogP contribution < -0.4 is 0 Å². The predicted molar refractivity (Wildman–Crippen MR) is 161 cm³/mol. The van der Waals surface area contributed by atoms with Crippen molar-refractivity contribution in [3.8, 4) is 39.3 Å². The second-order valence-corrected chi connectivity index (χ2v) is 10.2. The molecule has 1 aliphatic rings. The molecule has 2 aromatic heterocycles. The molecule has 2 heterocycles. The van der Waals surface area contributed by atoms with Crippen molar-refractivity contribution >= 4 is 43.6 Å². The Morgan fingerprint density at radius 2 is 1.03 bits per heavy atom. The second-order valence-electron chi connectivity index (χ2n) is 10.2. The van der Waals surface area contributed by atoms with Gasteiger partial charge in [-0.25, -0.2) is 9.97 Å².